The fourth-order valence-electron chi connectivity index (χ4n) is 1.83. The summed E-state index contributed by atoms with van der Waals surface area (Å²) in [7, 11) is 6.84. The zero-order valence-corrected chi connectivity index (χ0v) is 13.1. The number of benzene rings is 1. The predicted molar refractivity (Wildman–Crippen MR) is 79.8 cm³/mol. The van der Waals surface area contributed by atoms with E-state index in [1.807, 2.05) is 0 Å². The van der Waals surface area contributed by atoms with Gasteiger partial charge in [-0.3, -0.25) is 4.79 Å². The van der Waals surface area contributed by atoms with Crippen molar-refractivity contribution < 1.29 is 18.0 Å². The van der Waals surface area contributed by atoms with E-state index in [1.54, 1.807) is 38.0 Å². The van der Waals surface area contributed by atoms with Crippen molar-refractivity contribution in [1.82, 2.24) is 14.8 Å². The molecular formula is C14H16F3N5O. The maximum atomic E-state index is 12.6. The molecule has 0 saturated carbocycles. The Bertz CT molecular complexity index is 704. The molecule has 1 aromatic carbocycles. The van der Waals surface area contributed by atoms with Crippen LogP contribution in [0, 0.1) is 0 Å². The van der Waals surface area contributed by atoms with Crippen LogP contribution in [0.5, 0.6) is 0 Å². The summed E-state index contributed by atoms with van der Waals surface area (Å²) >= 11 is 0. The van der Waals surface area contributed by atoms with Gasteiger partial charge in [0.25, 0.3) is 5.91 Å². The van der Waals surface area contributed by atoms with Crippen LogP contribution in [0.2, 0.25) is 0 Å². The molecule has 0 amide bonds. The van der Waals surface area contributed by atoms with E-state index < -0.39 is 17.6 Å². The molecule has 0 radical (unpaired) electrons. The molecule has 1 heterocycles. The topological polar surface area (TPSA) is 54.3 Å². The van der Waals surface area contributed by atoms with E-state index in [4.69, 9.17) is 0 Å². The van der Waals surface area contributed by atoms with E-state index in [9.17, 15) is 18.0 Å². The Morgan fingerprint density at radius 1 is 1.04 bits per heavy atom. The molecular weight excluding hydrogens is 311 g/mol. The Kier molecular flexibility index (Phi) is 4.31. The highest BCUT2D eigenvalue weighted by molar-refractivity contribution is 5.97. The number of rotatable bonds is 3. The smallest absolute Gasteiger partial charge is 0.347 e. The maximum Gasteiger partial charge on any atom is 0.416 e. The number of aromatic nitrogens is 3. The molecule has 0 N–H and O–H groups in total. The molecule has 0 atom stereocenters. The molecule has 1 aromatic heterocycles. The molecule has 23 heavy (non-hydrogen) atoms. The summed E-state index contributed by atoms with van der Waals surface area (Å²) in [5, 5.41) is 4.10. The van der Waals surface area contributed by atoms with Gasteiger partial charge in [0.05, 0.1) is 5.56 Å². The van der Waals surface area contributed by atoms with Crippen LogP contribution in [-0.4, -0.2) is 48.9 Å². The minimum atomic E-state index is -4.44. The monoisotopic (exact) mass is 327 g/mol. The first-order valence-electron chi connectivity index (χ1n) is 6.65. The van der Waals surface area contributed by atoms with Crippen molar-refractivity contribution in [2.24, 2.45) is 0 Å². The molecule has 0 bridgehead atoms. The first-order valence-corrected chi connectivity index (χ1v) is 6.65. The molecule has 2 rings (SSSR count). The highest BCUT2D eigenvalue weighted by Gasteiger charge is 2.30. The summed E-state index contributed by atoms with van der Waals surface area (Å²) in [5.74, 6) is 0.0654. The van der Waals surface area contributed by atoms with Gasteiger partial charge < -0.3 is 9.80 Å². The quantitative estimate of drug-likeness (QED) is 0.864. The zero-order valence-electron chi connectivity index (χ0n) is 13.1. The van der Waals surface area contributed by atoms with E-state index in [1.165, 1.54) is 0 Å². The van der Waals surface area contributed by atoms with Crippen molar-refractivity contribution in [2.45, 2.75) is 6.18 Å². The number of anilines is 2. The molecule has 9 heteroatoms. The minimum Gasteiger partial charge on any atom is -0.347 e. The Labute approximate surface area is 131 Å². The molecule has 0 fully saturated rings. The van der Waals surface area contributed by atoms with Crippen molar-refractivity contribution in [2.75, 3.05) is 38.0 Å². The zero-order chi connectivity index (χ0) is 17.4. The van der Waals surface area contributed by atoms with Crippen molar-refractivity contribution in [3.63, 3.8) is 0 Å². The lowest BCUT2D eigenvalue weighted by atomic mass is 10.1. The number of halogens is 3. The van der Waals surface area contributed by atoms with E-state index >= 15 is 0 Å². The highest BCUT2D eigenvalue weighted by atomic mass is 19.4. The second kappa shape index (κ2) is 5.90. The third-order valence-electron chi connectivity index (χ3n) is 3.03. The lowest BCUT2D eigenvalue weighted by Gasteiger charge is -2.11. The fourth-order valence-corrected chi connectivity index (χ4v) is 1.83. The average Bonchev–Trinajstić information content (AvgIpc) is 2.91. The van der Waals surface area contributed by atoms with Crippen LogP contribution in [0.4, 0.5) is 25.1 Å². The molecule has 0 aliphatic rings. The Morgan fingerprint density at radius 3 is 2.04 bits per heavy atom. The molecule has 2 aromatic rings. The van der Waals surface area contributed by atoms with Crippen molar-refractivity contribution in [3.05, 3.63) is 35.4 Å². The van der Waals surface area contributed by atoms with Crippen molar-refractivity contribution in [1.29, 1.82) is 0 Å². The number of hydrogen-bond acceptors (Lipinski definition) is 5. The number of alkyl halides is 3. The van der Waals surface area contributed by atoms with Gasteiger partial charge in [-0.25, -0.2) is 0 Å². The predicted octanol–water partition coefficient (Wildman–Crippen LogP) is 2.12. The molecule has 0 saturated heterocycles. The second-order valence-corrected chi connectivity index (χ2v) is 5.29. The molecule has 0 spiro atoms. The summed E-state index contributed by atoms with van der Waals surface area (Å²) in [6, 6.07) is 3.99. The molecule has 0 unspecified atom stereocenters. The van der Waals surface area contributed by atoms with Gasteiger partial charge >= 0.3 is 6.18 Å². The van der Waals surface area contributed by atoms with Gasteiger partial charge in [-0.2, -0.15) is 22.8 Å². The summed E-state index contributed by atoms with van der Waals surface area (Å²) in [6.07, 6.45) is -4.44. The first-order chi connectivity index (χ1) is 10.6. The SMILES string of the molecule is CN(C)c1nc(N(C)C)n(C(=O)c2ccc(C(F)(F)F)cc2)n1. The van der Waals surface area contributed by atoms with Crippen LogP contribution in [-0.2, 0) is 6.18 Å². The van der Waals surface area contributed by atoms with Crippen molar-refractivity contribution >= 4 is 17.8 Å². The van der Waals surface area contributed by atoms with Gasteiger partial charge in [-0.1, -0.05) is 0 Å². The third-order valence-corrected chi connectivity index (χ3v) is 3.03. The Morgan fingerprint density at radius 2 is 1.61 bits per heavy atom. The summed E-state index contributed by atoms with van der Waals surface area (Å²) in [6.45, 7) is 0. The molecule has 6 nitrogen and oxygen atoms in total. The fraction of sp³-hybridized carbons (Fsp3) is 0.357. The number of carbonyl (C=O) groups excluding carboxylic acids is 1. The number of carbonyl (C=O) groups is 1. The molecule has 0 aliphatic heterocycles. The van der Waals surface area contributed by atoms with E-state index in [0.29, 0.717) is 11.9 Å². The van der Waals surface area contributed by atoms with Gasteiger partial charge in [-0.15, -0.1) is 5.10 Å². The Hall–Kier alpha value is -2.58. The summed E-state index contributed by atoms with van der Waals surface area (Å²) in [4.78, 5) is 19.9. The summed E-state index contributed by atoms with van der Waals surface area (Å²) in [5.41, 5.74) is -0.717. The van der Waals surface area contributed by atoms with Gasteiger partial charge in [0.15, 0.2) is 0 Å². The van der Waals surface area contributed by atoms with Crippen LogP contribution in [0.25, 0.3) is 0 Å². The Balaban J connectivity index is 2.40. The average molecular weight is 327 g/mol. The van der Waals surface area contributed by atoms with Crippen LogP contribution < -0.4 is 9.80 Å². The van der Waals surface area contributed by atoms with Crippen LogP contribution in [0.15, 0.2) is 24.3 Å². The van der Waals surface area contributed by atoms with Gasteiger partial charge in [0, 0.05) is 33.8 Å². The number of hydrogen-bond donors (Lipinski definition) is 0. The molecule has 0 aliphatic carbocycles. The largest absolute Gasteiger partial charge is 0.416 e. The lowest BCUT2D eigenvalue weighted by Crippen LogP contribution is -2.22. The minimum absolute atomic E-state index is 0.0938. The highest BCUT2D eigenvalue weighted by Crippen LogP contribution is 2.29. The van der Waals surface area contributed by atoms with Crippen LogP contribution in [0.3, 0.4) is 0 Å². The second-order valence-electron chi connectivity index (χ2n) is 5.29. The number of nitrogens with zero attached hydrogens (tertiary/aromatic N) is 5. The van der Waals surface area contributed by atoms with Gasteiger partial charge in [0.1, 0.15) is 0 Å². The summed E-state index contributed by atoms with van der Waals surface area (Å²) < 4.78 is 38.8. The molecule has 124 valence electrons. The van der Waals surface area contributed by atoms with E-state index in [2.05, 4.69) is 10.1 Å². The normalized spacial score (nSPS) is 11.4. The van der Waals surface area contributed by atoms with Crippen LogP contribution >= 0.6 is 0 Å². The maximum absolute atomic E-state index is 12.6. The van der Waals surface area contributed by atoms with Crippen molar-refractivity contribution in [3.8, 4) is 0 Å². The van der Waals surface area contributed by atoms with Gasteiger partial charge in [0.2, 0.25) is 11.9 Å². The van der Waals surface area contributed by atoms with Crippen LogP contribution in [0.1, 0.15) is 15.9 Å². The van der Waals surface area contributed by atoms with Gasteiger partial charge in [-0.05, 0) is 24.3 Å². The lowest BCUT2D eigenvalue weighted by molar-refractivity contribution is -0.137. The third kappa shape index (κ3) is 3.43. The first kappa shape index (κ1) is 16.8. The van der Waals surface area contributed by atoms with E-state index in [-0.39, 0.29) is 5.56 Å². The van der Waals surface area contributed by atoms with E-state index in [0.717, 1.165) is 28.9 Å². The standard InChI is InChI=1S/C14H16F3N5O/c1-20(2)12-18-13(21(3)4)22(19-12)11(23)9-5-7-10(8-6-9)14(15,16)17/h5-8H,1-4H3.